The molecule has 2 amide bonds. The Kier molecular flexibility index (Phi) is 4.14. The molecule has 0 aromatic carbocycles. The minimum atomic E-state index is 0.0104. The van der Waals surface area contributed by atoms with Gasteiger partial charge in [0.2, 0.25) is 0 Å². The van der Waals surface area contributed by atoms with Gasteiger partial charge in [-0.3, -0.25) is 0 Å². The highest BCUT2D eigenvalue weighted by Gasteiger charge is 2.19. The van der Waals surface area contributed by atoms with Crippen LogP contribution in [0.1, 0.15) is 19.3 Å². The Morgan fingerprint density at radius 1 is 1.27 bits per heavy atom. The Morgan fingerprint density at radius 3 is 2.80 bits per heavy atom. The summed E-state index contributed by atoms with van der Waals surface area (Å²) in [7, 11) is 0. The number of hydrogen-bond acceptors (Lipinski definition) is 3. The number of carbonyl (C=O) groups excluding carboxylic acids is 1. The molecule has 0 aromatic heterocycles. The molecule has 5 heteroatoms. The van der Waals surface area contributed by atoms with Crippen LogP contribution in [-0.4, -0.2) is 42.7 Å². The molecule has 0 radical (unpaired) electrons. The Labute approximate surface area is 94.9 Å². The minimum absolute atomic E-state index is 0.0104. The van der Waals surface area contributed by atoms with E-state index in [2.05, 4.69) is 16.0 Å². The highest BCUT2D eigenvalue weighted by molar-refractivity contribution is 7.99. The second-order valence-corrected chi connectivity index (χ2v) is 5.37. The molecule has 0 spiro atoms. The van der Waals surface area contributed by atoms with Crippen molar-refractivity contribution in [2.75, 3.05) is 24.6 Å². The van der Waals surface area contributed by atoms with Crippen LogP contribution in [0.4, 0.5) is 4.79 Å². The molecule has 2 aliphatic heterocycles. The topological polar surface area (TPSA) is 53.2 Å². The van der Waals surface area contributed by atoms with E-state index in [1.165, 1.54) is 12.2 Å². The van der Waals surface area contributed by atoms with Crippen molar-refractivity contribution in [1.29, 1.82) is 0 Å². The van der Waals surface area contributed by atoms with Crippen LogP contribution in [0.5, 0.6) is 0 Å². The normalized spacial score (nSPS) is 31.2. The first kappa shape index (κ1) is 11.1. The Hall–Kier alpha value is -0.420. The zero-order valence-corrected chi connectivity index (χ0v) is 9.74. The molecular formula is C10H19N3OS. The first-order chi connectivity index (χ1) is 7.34. The Morgan fingerprint density at radius 2 is 2.13 bits per heavy atom. The van der Waals surface area contributed by atoms with Gasteiger partial charge in [0.05, 0.1) is 0 Å². The molecule has 4 nitrogen and oxygen atoms in total. The fraction of sp³-hybridized carbons (Fsp3) is 0.900. The lowest BCUT2D eigenvalue weighted by Crippen LogP contribution is -2.48. The van der Waals surface area contributed by atoms with E-state index in [1.54, 1.807) is 0 Å². The molecule has 3 N–H and O–H groups in total. The zero-order chi connectivity index (χ0) is 10.5. The van der Waals surface area contributed by atoms with E-state index < -0.39 is 0 Å². The number of thioether (sulfide) groups is 1. The van der Waals surface area contributed by atoms with Crippen molar-refractivity contribution in [2.24, 2.45) is 0 Å². The lowest BCUT2D eigenvalue weighted by molar-refractivity contribution is 0.234. The van der Waals surface area contributed by atoms with E-state index in [-0.39, 0.29) is 6.03 Å². The number of amides is 2. The average molecular weight is 229 g/mol. The van der Waals surface area contributed by atoms with Gasteiger partial charge < -0.3 is 16.0 Å². The SMILES string of the molecule is O=C(NC1CCNC1)NC1CCCSC1. The number of urea groups is 1. The standard InChI is InChI=1S/C10H19N3OS/c14-10(12-8-3-4-11-6-8)13-9-2-1-5-15-7-9/h8-9,11H,1-7H2,(H2,12,13,14). The van der Waals surface area contributed by atoms with Gasteiger partial charge in [0.15, 0.2) is 0 Å². The average Bonchev–Trinajstić information content (AvgIpc) is 2.71. The van der Waals surface area contributed by atoms with Crippen LogP contribution in [0.25, 0.3) is 0 Å². The van der Waals surface area contributed by atoms with E-state index in [0.717, 1.165) is 31.7 Å². The maximum atomic E-state index is 11.6. The molecule has 2 saturated heterocycles. The lowest BCUT2D eigenvalue weighted by Gasteiger charge is -2.23. The molecular weight excluding hydrogens is 210 g/mol. The van der Waals surface area contributed by atoms with Crippen LogP contribution in [0.3, 0.4) is 0 Å². The van der Waals surface area contributed by atoms with Crippen LogP contribution in [0, 0.1) is 0 Å². The third-order valence-electron chi connectivity index (χ3n) is 2.89. The molecule has 0 aromatic rings. The van der Waals surface area contributed by atoms with E-state index in [9.17, 15) is 4.79 Å². The summed E-state index contributed by atoms with van der Waals surface area (Å²) in [5.74, 6) is 2.31. The molecule has 2 atom stereocenters. The molecule has 2 rings (SSSR count). The molecule has 0 bridgehead atoms. The van der Waals surface area contributed by atoms with Crippen molar-refractivity contribution in [3.05, 3.63) is 0 Å². The summed E-state index contributed by atoms with van der Waals surface area (Å²) in [5.41, 5.74) is 0. The van der Waals surface area contributed by atoms with Crippen LogP contribution in [0.15, 0.2) is 0 Å². The maximum absolute atomic E-state index is 11.6. The van der Waals surface area contributed by atoms with Crippen molar-refractivity contribution < 1.29 is 4.79 Å². The first-order valence-corrected chi connectivity index (χ1v) is 6.85. The molecule has 2 aliphatic rings. The van der Waals surface area contributed by atoms with Crippen LogP contribution < -0.4 is 16.0 Å². The fourth-order valence-electron chi connectivity index (χ4n) is 2.04. The smallest absolute Gasteiger partial charge is 0.315 e. The number of rotatable bonds is 2. The van der Waals surface area contributed by atoms with Gasteiger partial charge in [0.25, 0.3) is 0 Å². The third-order valence-corrected chi connectivity index (χ3v) is 4.11. The molecule has 0 saturated carbocycles. The second kappa shape index (κ2) is 5.61. The van der Waals surface area contributed by atoms with Crippen molar-refractivity contribution in [1.82, 2.24) is 16.0 Å². The van der Waals surface area contributed by atoms with Gasteiger partial charge in [-0.15, -0.1) is 0 Å². The Balaban J connectivity index is 1.66. The zero-order valence-electron chi connectivity index (χ0n) is 8.92. The number of nitrogens with one attached hydrogen (secondary N) is 3. The summed E-state index contributed by atoms with van der Waals surface area (Å²) < 4.78 is 0. The van der Waals surface area contributed by atoms with Gasteiger partial charge in [-0.2, -0.15) is 11.8 Å². The largest absolute Gasteiger partial charge is 0.335 e. The maximum Gasteiger partial charge on any atom is 0.315 e. The molecule has 15 heavy (non-hydrogen) atoms. The predicted octanol–water partition coefficient (Wildman–Crippen LogP) is 0.543. The summed E-state index contributed by atoms with van der Waals surface area (Å²) >= 11 is 1.93. The third kappa shape index (κ3) is 3.57. The van der Waals surface area contributed by atoms with E-state index in [1.807, 2.05) is 11.8 Å². The molecule has 2 heterocycles. The highest BCUT2D eigenvalue weighted by Crippen LogP contribution is 2.16. The highest BCUT2D eigenvalue weighted by atomic mass is 32.2. The van der Waals surface area contributed by atoms with Crippen molar-refractivity contribution in [3.63, 3.8) is 0 Å². The molecule has 2 fully saturated rings. The van der Waals surface area contributed by atoms with Crippen molar-refractivity contribution >= 4 is 17.8 Å². The van der Waals surface area contributed by atoms with Crippen LogP contribution in [0.2, 0.25) is 0 Å². The van der Waals surface area contributed by atoms with Crippen LogP contribution in [-0.2, 0) is 0 Å². The number of carbonyl (C=O) groups is 1. The van der Waals surface area contributed by atoms with Gasteiger partial charge in [-0.25, -0.2) is 4.79 Å². The summed E-state index contributed by atoms with van der Waals surface area (Å²) in [6, 6.07) is 0.704. The molecule has 2 unspecified atom stereocenters. The second-order valence-electron chi connectivity index (χ2n) is 4.22. The number of hydrogen-bond donors (Lipinski definition) is 3. The quantitative estimate of drug-likeness (QED) is 0.648. The van der Waals surface area contributed by atoms with E-state index in [0.29, 0.717) is 12.1 Å². The van der Waals surface area contributed by atoms with Crippen LogP contribution >= 0.6 is 11.8 Å². The summed E-state index contributed by atoms with van der Waals surface area (Å²) in [5, 5.41) is 9.29. The summed E-state index contributed by atoms with van der Waals surface area (Å²) in [4.78, 5) is 11.6. The monoisotopic (exact) mass is 229 g/mol. The van der Waals surface area contributed by atoms with Gasteiger partial charge in [0, 0.05) is 24.4 Å². The molecule has 86 valence electrons. The van der Waals surface area contributed by atoms with Gasteiger partial charge in [-0.1, -0.05) is 0 Å². The van der Waals surface area contributed by atoms with E-state index in [4.69, 9.17) is 0 Å². The molecule has 0 aliphatic carbocycles. The minimum Gasteiger partial charge on any atom is -0.335 e. The Bertz CT molecular complexity index is 213. The van der Waals surface area contributed by atoms with Crippen molar-refractivity contribution in [2.45, 2.75) is 31.3 Å². The van der Waals surface area contributed by atoms with E-state index >= 15 is 0 Å². The summed E-state index contributed by atoms with van der Waals surface area (Å²) in [6.07, 6.45) is 3.40. The summed E-state index contributed by atoms with van der Waals surface area (Å²) in [6.45, 7) is 1.93. The first-order valence-electron chi connectivity index (χ1n) is 5.70. The van der Waals surface area contributed by atoms with Gasteiger partial charge in [0.1, 0.15) is 0 Å². The predicted molar refractivity (Wildman–Crippen MR) is 63.3 cm³/mol. The van der Waals surface area contributed by atoms with Gasteiger partial charge in [-0.05, 0) is 31.6 Å². The fourth-order valence-corrected chi connectivity index (χ4v) is 3.12. The van der Waals surface area contributed by atoms with Gasteiger partial charge >= 0.3 is 6.03 Å². The van der Waals surface area contributed by atoms with Crippen molar-refractivity contribution in [3.8, 4) is 0 Å². The lowest BCUT2D eigenvalue weighted by atomic mass is 10.2.